The fourth-order valence-electron chi connectivity index (χ4n) is 3.13. The van der Waals surface area contributed by atoms with E-state index < -0.39 is 0 Å². The highest BCUT2D eigenvalue weighted by molar-refractivity contribution is 5.77. The second-order valence-corrected chi connectivity index (χ2v) is 6.46. The van der Waals surface area contributed by atoms with E-state index in [9.17, 15) is 9.59 Å². The van der Waals surface area contributed by atoms with Gasteiger partial charge in [0.2, 0.25) is 11.8 Å². The molecule has 0 aliphatic carbocycles. The Kier molecular flexibility index (Phi) is 5.83. The molecule has 2 aromatic carbocycles. The molecule has 0 unspecified atom stereocenters. The zero-order valence-electron chi connectivity index (χ0n) is 14.4. The number of carbonyl (C=O) groups excluding carboxylic acids is 2. The Balaban J connectivity index is 1.31. The molecular weight excluding hydrogens is 312 g/mol. The van der Waals surface area contributed by atoms with Gasteiger partial charge < -0.3 is 10.2 Å². The summed E-state index contributed by atoms with van der Waals surface area (Å²) in [6.45, 7) is 1.97. The highest BCUT2D eigenvalue weighted by atomic mass is 16.2. The number of carbonyl (C=O) groups is 2. The van der Waals surface area contributed by atoms with Gasteiger partial charge in [0.1, 0.15) is 0 Å². The lowest BCUT2D eigenvalue weighted by Crippen LogP contribution is -2.28. The van der Waals surface area contributed by atoms with Gasteiger partial charge in [-0.15, -0.1) is 0 Å². The molecule has 2 amide bonds. The minimum absolute atomic E-state index is 0.0462. The molecule has 0 aromatic heterocycles. The molecule has 0 saturated heterocycles. The van der Waals surface area contributed by atoms with Crippen molar-refractivity contribution in [3.05, 3.63) is 71.3 Å². The third-order valence-corrected chi connectivity index (χ3v) is 4.57. The highest BCUT2D eigenvalue weighted by Gasteiger charge is 2.22. The summed E-state index contributed by atoms with van der Waals surface area (Å²) in [5, 5.41) is 2.91. The van der Waals surface area contributed by atoms with Gasteiger partial charge in [0.15, 0.2) is 0 Å². The molecule has 0 atom stereocenters. The van der Waals surface area contributed by atoms with Crippen LogP contribution in [0.1, 0.15) is 36.0 Å². The molecule has 1 aliphatic rings. The summed E-state index contributed by atoms with van der Waals surface area (Å²) in [5.74, 6) is 0.208. The van der Waals surface area contributed by atoms with Crippen LogP contribution in [-0.2, 0) is 29.1 Å². The van der Waals surface area contributed by atoms with Crippen molar-refractivity contribution in [1.29, 1.82) is 0 Å². The first-order valence-corrected chi connectivity index (χ1v) is 8.87. The maximum Gasteiger partial charge on any atom is 0.223 e. The van der Waals surface area contributed by atoms with E-state index in [2.05, 4.69) is 17.4 Å². The summed E-state index contributed by atoms with van der Waals surface area (Å²) in [6.07, 6.45) is 2.40. The largest absolute Gasteiger partial charge is 0.356 e. The van der Waals surface area contributed by atoms with Crippen molar-refractivity contribution < 1.29 is 9.59 Å². The summed E-state index contributed by atoms with van der Waals surface area (Å²) in [5.41, 5.74) is 3.65. The molecule has 0 saturated carbocycles. The smallest absolute Gasteiger partial charge is 0.223 e. The van der Waals surface area contributed by atoms with Crippen molar-refractivity contribution in [2.45, 2.75) is 38.8 Å². The Labute approximate surface area is 148 Å². The van der Waals surface area contributed by atoms with E-state index in [-0.39, 0.29) is 11.8 Å². The summed E-state index contributed by atoms with van der Waals surface area (Å²) >= 11 is 0. The van der Waals surface area contributed by atoms with Crippen molar-refractivity contribution >= 4 is 11.8 Å². The van der Waals surface area contributed by atoms with Gasteiger partial charge in [-0.2, -0.15) is 0 Å². The molecule has 130 valence electrons. The number of aryl methyl sites for hydroxylation is 1. The minimum atomic E-state index is 0.0462. The molecule has 0 radical (unpaired) electrons. The van der Waals surface area contributed by atoms with Gasteiger partial charge in [-0.05, 0) is 29.5 Å². The first kappa shape index (κ1) is 17.2. The SMILES string of the molecule is O=C(CCc1ccccc1)NCCCC(=O)N1Cc2ccccc2C1. The fraction of sp³-hybridized carbons (Fsp3) is 0.333. The van der Waals surface area contributed by atoms with Crippen LogP contribution in [0.5, 0.6) is 0 Å². The average molecular weight is 336 g/mol. The molecule has 0 spiro atoms. The monoisotopic (exact) mass is 336 g/mol. The lowest BCUT2D eigenvalue weighted by atomic mass is 10.1. The van der Waals surface area contributed by atoms with E-state index >= 15 is 0 Å². The third-order valence-electron chi connectivity index (χ3n) is 4.57. The van der Waals surface area contributed by atoms with Gasteiger partial charge >= 0.3 is 0 Å². The third kappa shape index (κ3) is 4.92. The van der Waals surface area contributed by atoms with Gasteiger partial charge in [0.05, 0.1) is 0 Å². The van der Waals surface area contributed by atoms with Gasteiger partial charge in [-0.25, -0.2) is 0 Å². The van der Waals surface area contributed by atoms with Crippen LogP contribution in [0.4, 0.5) is 0 Å². The molecule has 4 nitrogen and oxygen atoms in total. The maximum absolute atomic E-state index is 12.3. The van der Waals surface area contributed by atoms with E-state index in [0.29, 0.717) is 38.9 Å². The Morgan fingerprint density at radius 3 is 2.20 bits per heavy atom. The average Bonchev–Trinajstić information content (AvgIpc) is 3.08. The number of rotatable bonds is 7. The first-order valence-electron chi connectivity index (χ1n) is 8.87. The number of fused-ring (bicyclic) bond motifs is 1. The van der Waals surface area contributed by atoms with Crippen LogP contribution in [0.15, 0.2) is 54.6 Å². The molecule has 1 N–H and O–H groups in total. The zero-order valence-corrected chi connectivity index (χ0v) is 14.4. The topological polar surface area (TPSA) is 49.4 Å². The zero-order chi connectivity index (χ0) is 17.5. The van der Waals surface area contributed by atoms with Crippen LogP contribution in [0.25, 0.3) is 0 Å². The minimum Gasteiger partial charge on any atom is -0.356 e. The molecule has 4 heteroatoms. The van der Waals surface area contributed by atoms with E-state index in [0.717, 1.165) is 6.42 Å². The Morgan fingerprint density at radius 1 is 0.880 bits per heavy atom. The fourth-order valence-corrected chi connectivity index (χ4v) is 3.13. The van der Waals surface area contributed by atoms with E-state index in [1.54, 1.807) is 0 Å². The van der Waals surface area contributed by atoms with Crippen molar-refractivity contribution in [3.8, 4) is 0 Å². The molecule has 1 heterocycles. The molecule has 25 heavy (non-hydrogen) atoms. The summed E-state index contributed by atoms with van der Waals surface area (Å²) in [4.78, 5) is 26.0. The van der Waals surface area contributed by atoms with E-state index in [4.69, 9.17) is 0 Å². The molecular formula is C21H24N2O2. The number of benzene rings is 2. The van der Waals surface area contributed by atoms with Gasteiger partial charge in [-0.1, -0.05) is 54.6 Å². The standard InChI is InChI=1S/C21H24N2O2/c24-20(13-12-17-7-2-1-3-8-17)22-14-6-11-21(25)23-15-18-9-4-5-10-19(18)16-23/h1-5,7-10H,6,11-16H2,(H,22,24). The van der Waals surface area contributed by atoms with Crippen LogP contribution in [0, 0.1) is 0 Å². The van der Waals surface area contributed by atoms with Crippen LogP contribution >= 0.6 is 0 Å². The predicted octanol–water partition coefficient (Wildman–Crippen LogP) is 3.06. The first-order chi connectivity index (χ1) is 12.2. The second kappa shape index (κ2) is 8.47. The van der Waals surface area contributed by atoms with Crippen LogP contribution < -0.4 is 5.32 Å². The molecule has 3 rings (SSSR count). The van der Waals surface area contributed by atoms with Crippen molar-refractivity contribution in [2.24, 2.45) is 0 Å². The number of hydrogen-bond acceptors (Lipinski definition) is 2. The lowest BCUT2D eigenvalue weighted by molar-refractivity contribution is -0.132. The van der Waals surface area contributed by atoms with Gasteiger partial charge in [0, 0.05) is 32.5 Å². The summed E-state index contributed by atoms with van der Waals surface area (Å²) in [6, 6.07) is 18.2. The normalized spacial score (nSPS) is 12.7. The Morgan fingerprint density at radius 2 is 1.52 bits per heavy atom. The Hall–Kier alpha value is -2.62. The molecule has 1 aliphatic heterocycles. The summed E-state index contributed by atoms with van der Waals surface area (Å²) in [7, 11) is 0. The van der Waals surface area contributed by atoms with Gasteiger partial charge in [-0.3, -0.25) is 9.59 Å². The number of nitrogens with zero attached hydrogens (tertiary/aromatic N) is 1. The maximum atomic E-state index is 12.3. The molecule has 0 bridgehead atoms. The quantitative estimate of drug-likeness (QED) is 0.790. The van der Waals surface area contributed by atoms with Gasteiger partial charge in [0.25, 0.3) is 0 Å². The van der Waals surface area contributed by atoms with E-state index in [1.165, 1.54) is 16.7 Å². The number of hydrogen-bond donors (Lipinski definition) is 1. The van der Waals surface area contributed by atoms with Crippen LogP contribution in [0.2, 0.25) is 0 Å². The molecule has 0 fully saturated rings. The van der Waals surface area contributed by atoms with Crippen molar-refractivity contribution in [3.63, 3.8) is 0 Å². The highest BCUT2D eigenvalue weighted by Crippen LogP contribution is 2.22. The summed E-state index contributed by atoms with van der Waals surface area (Å²) < 4.78 is 0. The predicted molar refractivity (Wildman–Crippen MR) is 97.7 cm³/mol. The molecule has 2 aromatic rings. The lowest BCUT2D eigenvalue weighted by Gasteiger charge is -2.15. The van der Waals surface area contributed by atoms with Crippen molar-refractivity contribution in [1.82, 2.24) is 10.2 Å². The van der Waals surface area contributed by atoms with Crippen molar-refractivity contribution in [2.75, 3.05) is 6.54 Å². The Bertz CT molecular complexity index is 703. The van der Waals surface area contributed by atoms with E-state index in [1.807, 2.05) is 47.4 Å². The van der Waals surface area contributed by atoms with Crippen LogP contribution in [-0.4, -0.2) is 23.3 Å². The number of nitrogens with one attached hydrogen (secondary N) is 1. The number of amides is 2. The second-order valence-electron chi connectivity index (χ2n) is 6.46. The van der Waals surface area contributed by atoms with Crippen LogP contribution in [0.3, 0.4) is 0 Å².